The highest BCUT2D eigenvalue weighted by atomic mass is 19.1. The third kappa shape index (κ3) is 4.02. The van der Waals surface area contributed by atoms with Crippen LogP contribution in [0.5, 0.6) is 0 Å². The Morgan fingerprint density at radius 3 is 2.62 bits per heavy atom. The Morgan fingerprint density at radius 1 is 1.25 bits per heavy atom. The van der Waals surface area contributed by atoms with Gasteiger partial charge in [0.15, 0.2) is 0 Å². The molecular formula is C23H24F2N4O3. The van der Waals surface area contributed by atoms with Gasteiger partial charge >= 0.3 is 6.09 Å². The summed E-state index contributed by atoms with van der Waals surface area (Å²) in [6, 6.07) is 5.71. The molecule has 2 N–H and O–H groups in total. The SMILES string of the molecule is CNC(=O)c1cc(F)c(-c2nc3cc(C)ccn3c2C[C@H]2CCCN(C(=O)O)C2)c(F)c1. The minimum Gasteiger partial charge on any atom is -0.465 e. The van der Waals surface area contributed by atoms with Crippen molar-refractivity contribution < 1.29 is 23.5 Å². The fourth-order valence-corrected chi connectivity index (χ4v) is 4.35. The lowest BCUT2D eigenvalue weighted by molar-refractivity contribution is 0.0962. The van der Waals surface area contributed by atoms with Crippen molar-refractivity contribution in [2.24, 2.45) is 5.92 Å². The predicted octanol–water partition coefficient (Wildman–Crippen LogP) is 3.88. The number of carbonyl (C=O) groups excluding carboxylic acids is 1. The quantitative estimate of drug-likeness (QED) is 0.642. The molecule has 2 amide bonds. The fourth-order valence-electron chi connectivity index (χ4n) is 4.35. The summed E-state index contributed by atoms with van der Waals surface area (Å²) in [5.41, 5.74) is 1.88. The van der Waals surface area contributed by atoms with Crippen LogP contribution in [0.1, 0.15) is 34.5 Å². The third-order valence-electron chi connectivity index (χ3n) is 5.92. The van der Waals surface area contributed by atoms with Gasteiger partial charge in [-0.15, -0.1) is 0 Å². The highest BCUT2D eigenvalue weighted by Crippen LogP contribution is 2.33. The Hall–Kier alpha value is -3.49. The molecule has 2 aromatic heterocycles. The van der Waals surface area contributed by atoms with E-state index in [9.17, 15) is 14.7 Å². The average Bonchev–Trinajstić information content (AvgIpc) is 3.09. The number of amides is 2. The monoisotopic (exact) mass is 442 g/mol. The first-order valence-corrected chi connectivity index (χ1v) is 10.5. The van der Waals surface area contributed by atoms with Crippen LogP contribution in [0, 0.1) is 24.5 Å². The topological polar surface area (TPSA) is 86.9 Å². The number of hydrogen-bond donors (Lipinski definition) is 2. The van der Waals surface area contributed by atoms with Gasteiger partial charge in [0.1, 0.15) is 17.3 Å². The van der Waals surface area contributed by atoms with Gasteiger partial charge in [0.05, 0.1) is 17.0 Å². The van der Waals surface area contributed by atoms with Crippen molar-refractivity contribution in [3.63, 3.8) is 0 Å². The first-order valence-electron chi connectivity index (χ1n) is 10.5. The lowest BCUT2D eigenvalue weighted by atomic mass is 9.92. The number of piperidine rings is 1. The predicted molar refractivity (Wildman–Crippen MR) is 115 cm³/mol. The molecule has 0 spiro atoms. The summed E-state index contributed by atoms with van der Waals surface area (Å²) in [6.45, 7) is 2.74. The van der Waals surface area contributed by atoms with Crippen molar-refractivity contribution in [3.05, 3.63) is 58.9 Å². The molecule has 0 radical (unpaired) electrons. The molecule has 7 nitrogen and oxygen atoms in total. The standard InChI is InChI=1S/C23H24F2N4O3/c1-13-5-7-29-18(9-14-4-3-6-28(12-14)23(31)32)21(27-19(29)8-13)20-16(24)10-15(11-17(20)25)22(30)26-2/h5,7-8,10-11,14H,3-4,6,9,12H2,1-2H3,(H,26,30)(H,31,32)/t14-/m1/s1. The van der Waals surface area contributed by atoms with Gasteiger partial charge in [-0.05, 0) is 61.9 Å². The fraction of sp³-hybridized carbons (Fsp3) is 0.348. The molecule has 1 fully saturated rings. The Balaban J connectivity index is 1.82. The Labute approximate surface area is 183 Å². The number of aryl methyl sites for hydroxylation is 1. The van der Waals surface area contributed by atoms with Crippen LogP contribution >= 0.6 is 0 Å². The van der Waals surface area contributed by atoms with E-state index < -0.39 is 23.6 Å². The number of imidazole rings is 1. The van der Waals surface area contributed by atoms with Crippen LogP contribution in [0.2, 0.25) is 0 Å². The van der Waals surface area contributed by atoms with E-state index in [1.54, 1.807) is 4.40 Å². The van der Waals surface area contributed by atoms with E-state index in [0.29, 0.717) is 30.9 Å². The molecule has 9 heteroatoms. The maximum absolute atomic E-state index is 15.1. The largest absolute Gasteiger partial charge is 0.465 e. The summed E-state index contributed by atoms with van der Waals surface area (Å²) in [7, 11) is 1.39. The van der Waals surface area contributed by atoms with E-state index in [-0.39, 0.29) is 22.7 Å². The van der Waals surface area contributed by atoms with Crippen LogP contribution in [0.3, 0.4) is 0 Å². The maximum atomic E-state index is 15.1. The van der Waals surface area contributed by atoms with Gasteiger partial charge in [-0.25, -0.2) is 18.6 Å². The van der Waals surface area contributed by atoms with Gasteiger partial charge in [0, 0.05) is 31.9 Å². The summed E-state index contributed by atoms with van der Waals surface area (Å²) < 4.78 is 31.9. The third-order valence-corrected chi connectivity index (χ3v) is 5.92. The first-order chi connectivity index (χ1) is 15.3. The highest BCUT2D eigenvalue weighted by Gasteiger charge is 2.28. The number of pyridine rings is 1. The molecule has 0 unspecified atom stereocenters. The second kappa shape index (κ2) is 8.57. The number of benzene rings is 1. The lowest BCUT2D eigenvalue weighted by Crippen LogP contribution is -2.39. The highest BCUT2D eigenvalue weighted by molar-refractivity contribution is 5.94. The normalized spacial score (nSPS) is 16.4. The smallest absolute Gasteiger partial charge is 0.407 e. The molecule has 168 valence electrons. The van der Waals surface area contributed by atoms with Gasteiger partial charge < -0.3 is 19.7 Å². The zero-order valence-corrected chi connectivity index (χ0v) is 17.9. The number of nitrogens with zero attached hydrogens (tertiary/aromatic N) is 3. The molecule has 0 aliphatic carbocycles. The molecule has 0 bridgehead atoms. The number of carbonyl (C=O) groups is 2. The number of likely N-dealkylation sites (tertiary alicyclic amines) is 1. The molecule has 1 aliphatic heterocycles. The van der Waals surface area contributed by atoms with Crippen LogP contribution < -0.4 is 5.32 Å². The summed E-state index contributed by atoms with van der Waals surface area (Å²) in [6.07, 6.45) is 2.79. The number of aromatic nitrogens is 2. The van der Waals surface area contributed by atoms with Crippen molar-refractivity contribution in [2.75, 3.05) is 20.1 Å². The van der Waals surface area contributed by atoms with Gasteiger partial charge in [0.2, 0.25) is 0 Å². The van der Waals surface area contributed by atoms with Crippen molar-refractivity contribution >= 4 is 17.6 Å². The molecule has 3 aromatic rings. The molecule has 1 atom stereocenters. The molecule has 0 saturated carbocycles. The van der Waals surface area contributed by atoms with Gasteiger partial charge in [-0.1, -0.05) is 0 Å². The number of hydrogen-bond acceptors (Lipinski definition) is 3. The number of rotatable bonds is 4. The summed E-state index contributed by atoms with van der Waals surface area (Å²) >= 11 is 0. The van der Waals surface area contributed by atoms with E-state index >= 15 is 8.78 Å². The van der Waals surface area contributed by atoms with Gasteiger partial charge in [0.25, 0.3) is 5.91 Å². The molecule has 32 heavy (non-hydrogen) atoms. The van der Waals surface area contributed by atoms with Crippen molar-refractivity contribution in [1.29, 1.82) is 0 Å². The molecule has 1 saturated heterocycles. The first kappa shape index (κ1) is 21.7. The van der Waals surface area contributed by atoms with Crippen molar-refractivity contribution in [1.82, 2.24) is 19.6 Å². The van der Waals surface area contributed by atoms with Gasteiger partial charge in [-0.2, -0.15) is 0 Å². The molecule has 1 aliphatic rings. The zero-order valence-electron chi connectivity index (χ0n) is 17.9. The van der Waals surface area contributed by atoms with Crippen LogP contribution in [-0.2, 0) is 6.42 Å². The minimum absolute atomic E-state index is 0.00364. The molecular weight excluding hydrogens is 418 g/mol. The van der Waals surface area contributed by atoms with Gasteiger partial charge in [-0.3, -0.25) is 4.79 Å². The van der Waals surface area contributed by atoms with E-state index in [0.717, 1.165) is 30.5 Å². The van der Waals surface area contributed by atoms with Crippen LogP contribution in [0.4, 0.5) is 13.6 Å². The number of fused-ring (bicyclic) bond motifs is 1. The van der Waals surface area contributed by atoms with Crippen molar-refractivity contribution in [3.8, 4) is 11.3 Å². The summed E-state index contributed by atoms with van der Waals surface area (Å²) in [4.78, 5) is 29.2. The zero-order chi connectivity index (χ0) is 23.0. The molecule has 1 aromatic carbocycles. The van der Waals surface area contributed by atoms with E-state index in [1.165, 1.54) is 11.9 Å². The number of halogens is 2. The number of carboxylic acid groups (broad SMARTS) is 1. The van der Waals surface area contributed by atoms with E-state index in [2.05, 4.69) is 10.3 Å². The molecule has 3 heterocycles. The summed E-state index contributed by atoms with van der Waals surface area (Å²) in [5.74, 6) is -2.34. The van der Waals surface area contributed by atoms with Crippen LogP contribution in [-0.4, -0.2) is 51.5 Å². The van der Waals surface area contributed by atoms with Crippen LogP contribution in [0.25, 0.3) is 16.9 Å². The van der Waals surface area contributed by atoms with Crippen LogP contribution in [0.15, 0.2) is 30.5 Å². The Kier molecular flexibility index (Phi) is 5.82. The Bertz CT molecular complexity index is 1180. The molecule has 4 rings (SSSR count). The average molecular weight is 442 g/mol. The summed E-state index contributed by atoms with van der Waals surface area (Å²) in [5, 5.41) is 11.7. The van der Waals surface area contributed by atoms with E-state index in [4.69, 9.17) is 0 Å². The van der Waals surface area contributed by atoms with Crippen molar-refractivity contribution in [2.45, 2.75) is 26.2 Å². The Morgan fingerprint density at radius 2 is 1.97 bits per heavy atom. The minimum atomic E-state index is -0.967. The second-order valence-electron chi connectivity index (χ2n) is 8.17. The second-order valence-corrected chi connectivity index (χ2v) is 8.17. The lowest BCUT2D eigenvalue weighted by Gasteiger charge is -2.30. The van der Waals surface area contributed by atoms with E-state index in [1.807, 2.05) is 25.3 Å². The maximum Gasteiger partial charge on any atom is 0.407 e. The number of nitrogens with one attached hydrogen (secondary N) is 1.